The second-order valence-electron chi connectivity index (χ2n) is 6.11. The highest BCUT2D eigenvalue weighted by Crippen LogP contribution is 2.32. The maximum Gasteiger partial charge on any atom is 0.135 e. The van der Waals surface area contributed by atoms with Crippen LogP contribution in [0.5, 0.6) is 0 Å². The first-order chi connectivity index (χ1) is 13.1. The quantitative estimate of drug-likeness (QED) is 0.381. The van der Waals surface area contributed by atoms with Crippen molar-refractivity contribution in [1.82, 2.24) is 9.97 Å². The summed E-state index contributed by atoms with van der Waals surface area (Å²) in [5, 5.41) is 2.74. The molecule has 2 aromatic carbocycles. The van der Waals surface area contributed by atoms with E-state index < -0.39 is 0 Å². The van der Waals surface area contributed by atoms with Crippen LogP contribution in [0.15, 0.2) is 59.5 Å². The summed E-state index contributed by atoms with van der Waals surface area (Å²) in [6.07, 6.45) is 5.44. The Bertz CT molecular complexity index is 1060. The van der Waals surface area contributed by atoms with Crippen LogP contribution < -0.4 is 0 Å². The van der Waals surface area contributed by atoms with Gasteiger partial charge in [-0.2, -0.15) is 0 Å². The first-order valence-corrected chi connectivity index (χ1v) is 9.44. The minimum atomic E-state index is -0.293. The average molecular weight is 422 g/mol. The Kier molecular flexibility index (Phi) is 5.41. The molecule has 4 rings (SSSR count). The third kappa shape index (κ3) is 4.14. The molecule has 0 fully saturated rings. The number of imidazole rings is 1. The zero-order chi connectivity index (χ0) is 18.8. The van der Waals surface area contributed by atoms with Crippen LogP contribution in [0.25, 0.3) is 11.0 Å². The number of halogens is 3. The van der Waals surface area contributed by atoms with E-state index in [2.05, 4.69) is 9.97 Å². The molecule has 0 saturated heterocycles. The molecule has 2 heterocycles. The average Bonchev–Trinajstić information content (AvgIpc) is 3.28. The highest BCUT2D eigenvalue weighted by molar-refractivity contribution is 6.35. The first kappa shape index (κ1) is 18.4. The standard InChI is InChI=1S/C20H15Cl3N2O2/c21-13-2-4-16(17(23)7-13)19(9-20-24-5-6-25-20)27-11-12-10-26-18-8-14(22)1-3-15(12)18/h1-8,10,19H,9,11H2,(H,24,25). The molecule has 4 nitrogen and oxygen atoms in total. The van der Waals surface area contributed by atoms with Crippen molar-refractivity contribution in [2.24, 2.45) is 0 Å². The lowest BCUT2D eigenvalue weighted by molar-refractivity contribution is 0.0391. The van der Waals surface area contributed by atoms with Gasteiger partial charge in [0.15, 0.2) is 0 Å². The van der Waals surface area contributed by atoms with Gasteiger partial charge in [0.1, 0.15) is 11.4 Å². The van der Waals surface area contributed by atoms with E-state index in [0.29, 0.717) is 28.1 Å². The predicted octanol–water partition coefficient (Wildman–Crippen LogP) is 6.62. The van der Waals surface area contributed by atoms with Crippen molar-refractivity contribution >= 4 is 45.8 Å². The molecule has 1 atom stereocenters. The van der Waals surface area contributed by atoms with E-state index in [4.69, 9.17) is 44.0 Å². The molecular formula is C20H15Cl3N2O2. The number of nitrogens with zero attached hydrogens (tertiary/aromatic N) is 1. The van der Waals surface area contributed by atoms with E-state index in [1.54, 1.807) is 36.9 Å². The van der Waals surface area contributed by atoms with Gasteiger partial charge in [0.2, 0.25) is 0 Å². The smallest absolute Gasteiger partial charge is 0.135 e. The minimum Gasteiger partial charge on any atom is -0.464 e. The largest absolute Gasteiger partial charge is 0.464 e. The minimum absolute atomic E-state index is 0.293. The van der Waals surface area contributed by atoms with E-state index in [1.807, 2.05) is 18.2 Å². The fraction of sp³-hybridized carbons (Fsp3) is 0.150. The zero-order valence-electron chi connectivity index (χ0n) is 14.1. The maximum atomic E-state index is 6.41. The summed E-state index contributed by atoms with van der Waals surface area (Å²) >= 11 is 18.5. The SMILES string of the molecule is Clc1ccc(C(Cc2ncc[nH]2)OCc2coc3cc(Cl)ccc23)c(Cl)c1. The number of nitrogens with one attached hydrogen (secondary N) is 1. The van der Waals surface area contributed by atoms with Gasteiger partial charge in [0, 0.05) is 44.8 Å². The number of furan rings is 1. The molecule has 0 amide bonds. The lowest BCUT2D eigenvalue weighted by Crippen LogP contribution is -2.10. The first-order valence-electron chi connectivity index (χ1n) is 8.30. The Hall–Kier alpha value is -1.98. The predicted molar refractivity (Wildman–Crippen MR) is 108 cm³/mol. The van der Waals surface area contributed by atoms with Crippen molar-refractivity contribution in [3.05, 3.63) is 87.1 Å². The number of hydrogen-bond donors (Lipinski definition) is 1. The number of hydrogen-bond acceptors (Lipinski definition) is 3. The highest BCUT2D eigenvalue weighted by atomic mass is 35.5. The van der Waals surface area contributed by atoms with Crippen molar-refractivity contribution < 1.29 is 9.15 Å². The Labute approximate surface area is 171 Å². The molecule has 27 heavy (non-hydrogen) atoms. The Balaban J connectivity index is 1.60. The number of H-pyrrole nitrogens is 1. The molecule has 0 bridgehead atoms. The Morgan fingerprint density at radius 1 is 1.07 bits per heavy atom. The van der Waals surface area contributed by atoms with Gasteiger partial charge in [-0.25, -0.2) is 4.98 Å². The third-order valence-electron chi connectivity index (χ3n) is 4.30. The van der Waals surface area contributed by atoms with Crippen LogP contribution in [-0.4, -0.2) is 9.97 Å². The lowest BCUT2D eigenvalue weighted by Gasteiger charge is -2.19. The molecule has 2 aromatic heterocycles. The Morgan fingerprint density at radius 2 is 1.89 bits per heavy atom. The summed E-state index contributed by atoms with van der Waals surface area (Å²) in [5.41, 5.74) is 2.53. The van der Waals surface area contributed by atoms with Gasteiger partial charge in [0.05, 0.1) is 19.0 Å². The van der Waals surface area contributed by atoms with Crippen molar-refractivity contribution in [3.8, 4) is 0 Å². The molecular weight excluding hydrogens is 407 g/mol. The van der Waals surface area contributed by atoms with E-state index in [-0.39, 0.29) is 6.10 Å². The molecule has 1 N–H and O–H groups in total. The third-order valence-corrected chi connectivity index (χ3v) is 5.10. The molecule has 0 aliphatic heterocycles. The molecule has 0 aliphatic carbocycles. The molecule has 0 spiro atoms. The van der Waals surface area contributed by atoms with Crippen molar-refractivity contribution in [3.63, 3.8) is 0 Å². The van der Waals surface area contributed by atoms with Crippen molar-refractivity contribution in [2.75, 3.05) is 0 Å². The molecule has 4 aromatic rings. The Morgan fingerprint density at radius 3 is 2.67 bits per heavy atom. The van der Waals surface area contributed by atoms with Crippen LogP contribution in [0.4, 0.5) is 0 Å². The van der Waals surface area contributed by atoms with Crippen LogP contribution >= 0.6 is 34.8 Å². The number of aromatic amines is 1. The molecule has 138 valence electrons. The van der Waals surface area contributed by atoms with E-state index >= 15 is 0 Å². The number of aromatic nitrogens is 2. The summed E-state index contributed by atoms with van der Waals surface area (Å²) in [7, 11) is 0. The van der Waals surface area contributed by atoms with Gasteiger partial charge < -0.3 is 14.1 Å². The second-order valence-corrected chi connectivity index (χ2v) is 7.39. The van der Waals surface area contributed by atoms with Crippen molar-refractivity contribution in [1.29, 1.82) is 0 Å². The van der Waals surface area contributed by atoms with Crippen molar-refractivity contribution in [2.45, 2.75) is 19.1 Å². The fourth-order valence-corrected chi connectivity index (χ4v) is 3.66. The van der Waals surface area contributed by atoms with Crippen LogP contribution in [0.3, 0.4) is 0 Å². The van der Waals surface area contributed by atoms with Gasteiger partial charge >= 0.3 is 0 Å². The molecule has 0 radical (unpaired) electrons. The van der Waals surface area contributed by atoms with Gasteiger partial charge in [-0.1, -0.05) is 40.9 Å². The number of rotatable bonds is 6. The molecule has 0 saturated carbocycles. The van der Waals surface area contributed by atoms with Crippen LogP contribution in [0, 0.1) is 0 Å². The fourth-order valence-electron chi connectivity index (χ4n) is 2.97. The summed E-state index contributed by atoms with van der Waals surface area (Å²) in [5.74, 6) is 0.815. The van der Waals surface area contributed by atoms with Crippen LogP contribution in [0.2, 0.25) is 15.1 Å². The summed E-state index contributed by atoms with van der Waals surface area (Å²) < 4.78 is 11.8. The number of fused-ring (bicyclic) bond motifs is 1. The van der Waals surface area contributed by atoms with E-state index in [9.17, 15) is 0 Å². The zero-order valence-corrected chi connectivity index (χ0v) is 16.4. The lowest BCUT2D eigenvalue weighted by atomic mass is 10.1. The van der Waals surface area contributed by atoms with E-state index in [0.717, 1.165) is 27.9 Å². The van der Waals surface area contributed by atoms with Gasteiger partial charge in [-0.05, 0) is 35.9 Å². The molecule has 7 heteroatoms. The van der Waals surface area contributed by atoms with Gasteiger partial charge in [-0.3, -0.25) is 0 Å². The van der Waals surface area contributed by atoms with Crippen LogP contribution in [-0.2, 0) is 17.8 Å². The van der Waals surface area contributed by atoms with Crippen LogP contribution in [0.1, 0.15) is 23.1 Å². The van der Waals surface area contributed by atoms with Gasteiger partial charge in [0.25, 0.3) is 0 Å². The molecule has 0 aliphatic rings. The van der Waals surface area contributed by atoms with Gasteiger partial charge in [-0.15, -0.1) is 0 Å². The second kappa shape index (κ2) is 7.95. The highest BCUT2D eigenvalue weighted by Gasteiger charge is 2.19. The maximum absolute atomic E-state index is 6.41. The number of ether oxygens (including phenoxy) is 1. The number of benzene rings is 2. The summed E-state index contributed by atoms with van der Waals surface area (Å²) in [6, 6.07) is 10.9. The normalized spacial score (nSPS) is 12.6. The summed E-state index contributed by atoms with van der Waals surface area (Å²) in [6.45, 7) is 0.360. The summed E-state index contributed by atoms with van der Waals surface area (Å²) in [4.78, 5) is 7.40. The topological polar surface area (TPSA) is 51.0 Å². The molecule has 1 unspecified atom stereocenters. The monoisotopic (exact) mass is 420 g/mol. The van der Waals surface area contributed by atoms with E-state index in [1.165, 1.54) is 0 Å².